The van der Waals surface area contributed by atoms with E-state index in [1.165, 1.54) is 9.13 Å². The number of esters is 2. The summed E-state index contributed by atoms with van der Waals surface area (Å²) >= 11 is 0. The number of carbonyl (C=O) groups excluding carboxylic acids is 2. The Balaban J connectivity index is 1.97. The Hall–Kier alpha value is -4.29. The molecule has 180 valence electrons. The van der Waals surface area contributed by atoms with Gasteiger partial charge < -0.3 is 14.0 Å². The number of aromatic amines is 1. The van der Waals surface area contributed by atoms with E-state index in [0.717, 1.165) is 31.7 Å². The molecule has 1 N–H and O–H groups in total. The van der Waals surface area contributed by atoms with Gasteiger partial charge in [0.2, 0.25) is 0 Å². The molecule has 2 heterocycles. The lowest BCUT2D eigenvalue weighted by Crippen LogP contribution is -2.31. The van der Waals surface area contributed by atoms with Crippen molar-refractivity contribution in [1.29, 1.82) is 0 Å². The van der Waals surface area contributed by atoms with Crippen molar-refractivity contribution in [3.05, 3.63) is 66.1 Å². The topological polar surface area (TPSA) is 168 Å². The number of nitrogens with one attached hydrogen (secondary N) is 1. The van der Waals surface area contributed by atoms with E-state index in [2.05, 4.69) is 14.7 Å². The van der Waals surface area contributed by atoms with Gasteiger partial charge in [-0.3, -0.25) is 24.5 Å². The average molecular weight is 473 g/mol. The summed E-state index contributed by atoms with van der Waals surface area (Å²) in [5, 5.41) is 11.2. The lowest BCUT2D eigenvalue weighted by atomic mass is 10.1. The molecule has 0 aliphatic carbocycles. The van der Waals surface area contributed by atoms with Crippen LogP contribution in [0, 0.1) is 10.1 Å². The summed E-state index contributed by atoms with van der Waals surface area (Å²) in [4.78, 5) is 66.3. The van der Waals surface area contributed by atoms with Crippen LogP contribution in [0.15, 0.2) is 27.8 Å². The molecule has 0 fully saturated rings. The fourth-order valence-electron chi connectivity index (χ4n) is 3.48. The summed E-state index contributed by atoms with van der Waals surface area (Å²) in [7, 11) is 1.11. The van der Waals surface area contributed by atoms with Gasteiger partial charge in [-0.2, -0.15) is 0 Å². The second-order valence-electron chi connectivity index (χ2n) is 7.30. The van der Waals surface area contributed by atoms with Gasteiger partial charge in [0, 0.05) is 25.2 Å². The van der Waals surface area contributed by atoms with Crippen molar-refractivity contribution in [1.82, 2.24) is 19.1 Å². The van der Waals surface area contributed by atoms with Crippen LogP contribution in [0.1, 0.15) is 53.2 Å². The lowest BCUT2D eigenvalue weighted by molar-refractivity contribution is -0.384. The number of nitro groups is 1. The summed E-state index contributed by atoms with van der Waals surface area (Å²) < 4.78 is 12.7. The Morgan fingerprint density at radius 1 is 1.12 bits per heavy atom. The third-order valence-electron chi connectivity index (χ3n) is 5.13. The maximum atomic E-state index is 12.6. The predicted molar refractivity (Wildman–Crippen MR) is 119 cm³/mol. The first-order valence-electron chi connectivity index (χ1n) is 10.5. The van der Waals surface area contributed by atoms with Crippen LogP contribution in [0.2, 0.25) is 0 Å². The smallest absolute Gasteiger partial charge is 0.338 e. The van der Waals surface area contributed by atoms with Crippen LogP contribution in [-0.2, 0) is 29.2 Å². The van der Waals surface area contributed by atoms with E-state index in [-0.39, 0.29) is 34.7 Å². The highest BCUT2D eigenvalue weighted by atomic mass is 16.6. The second kappa shape index (κ2) is 10.1. The molecule has 0 bridgehead atoms. The average Bonchev–Trinajstić information content (AvgIpc) is 3.20. The number of non-ortho nitro benzene ring substituents is 1. The molecule has 34 heavy (non-hydrogen) atoms. The van der Waals surface area contributed by atoms with Crippen molar-refractivity contribution in [3.63, 3.8) is 0 Å². The number of fused-ring (bicyclic) bond motifs is 1. The molecular formula is C21H23N5O8. The zero-order valence-electron chi connectivity index (χ0n) is 18.8. The number of H-pyrrole nitrogens is 1. The highest BCUT2D eigenvalue weighted by molar-refractivity contribution is 5.96. The van der Waals surface area contributed by atoms with Gasteiger partial charge in [-0.05, 0) is 19.4 Å². The minimum absolute atomic E-state index is 0.174. The van der Waals surface area contributed by atoms with Gasteiger partial charge in [-0.25, -0.2) is 19.4 Å². The normalized spacial score (nSPS) is 10.9. The molecule has 0 aliphatic heterocycles. The first-order valence-corrected chi connectivity index (χ1v) is 10.5. The van der Waals surface area contributed by atoms with Crippen LogP contribution in [0.3, 0.4) is 0 Å². The van der Waals surface area contributed by atoms with Crippen molar-refractivity contribution in [2.24, 2.45) is 0 Å². The Morgan fingerprint density at radius 2 is 1.79 bits per heavy atom. The third kappa shape index (κ3) is 4.72. The molecule has 13 nitrogen and oxygen atoms in total. The molecule has 0 atom stereocenters. The van der Waals surface area contributed by atoms with E-state index in [9.17, 15) is 29.3 Å². The summed E-state index contributed by atoms with van der Waals surface area (Å²) in [6.45, 7) is 4.01. The minimum atomic E-state index is -0.944. The quantitative estimate of drug-likeness (QED) is 0.276. The summed E-state index contributed by atoms with van der Waals surface area (Å²) in [5.41, 5.74) is -1.74. The molecule has 0 saturated carbocycles. The number of aryl methyl sites for hydroxylation is 2. The zero-order valence-corrected chi connectivity index (χ0v) is 18.8. The van der Waals surface area contributed by atoms with Crippen molar-refractivity contribution in [3.8, 4) is 0 Å². The van der Waals surface area contributed by atoms with Crippen LogP contribution in [0.25, 0.3) is 11.2 Å². The van der Waals surface area contributed by atoms with Gasteiger partial charge in [0.25, 0.3) is 11.2 Å². The molecule has 1 aromatic carbocycles. The zero-order chi connectivity index (χ0) is 25.0. The van der Waals surface area contributed by atoms with Crippen molar-refractivity contribution < 1.29 is 24.0 Å². The van der Waals surface area contributed by atoms with Gasteiger partial charge in [-0.1, -0.05) is 13.3 Å². The molecule has 0 aliphatic rings. The standard InChI is InChI=1S/C21H23N5O8/c1-4-6-7-25-17-16(18(27)23-21(25)30)24(5-2)15(22-17)11-34-20(29)13-8-12(19(28)33-3)9-14(10-13)26(31)32/h8-10H,4-7,11H2,1-3H3,(H,23,27,30). The number of imidazole rings is 1. The van der Waals surface area contributed by atoms with Gasteiger partial charge >= 0.3 is 17.6 Å². The fraction of sp³-hybridized carbons (Fsp3) is 0.381. The molecule has 0 unspecified atom stereocenters. The number of methoxy groups -OCH3 is 1. The molecular weight excluding hydrogens is 450 g/mol. The first-order chi connectivity index (χ1) is 16.2. The number of hydrogen-bond acceptors (Lipinski definition) is 9. The molecule has 3 aromatic rings. The van der Waals surface area contributed by atoms with E-state index in [4.69, 9.17) is 4.74 Å². The number of nitro benzene ring substituents is 1. The molecule has 0 spiro atoms. The maximum Gasteiger partial charge on any atom is 0.338 e. The summed E-state index contributed by atoms with van der Waals surface area (Å²) in [6.07, 6.45) is 1.52. The minimum Gasteiger partial charge on any atom is -0.465 e. The molecule has 0 radical (unpaired) electrons. The van der Waals surface area contributed by atoms with Gasteiger partial charge in [0.05, 0.1) is 23.2 Å². The van der Waals surface area contributed by atoms with Crippen LogP contribution in [-0.4, -0.2) is 43.1 Å². The number of hydrogen-bond donors (Lipinski definition) is 1. The Kier molecular flexibility index (Phi) is 7.24. The predicted octanol–water partition coefficient (Wildman–Crippen LogP) is 1.76. The van der Waals surface area contributed by atoms with Gasteiger partial charge in [0.15, 0.2) is 11.2 Å². The Labute approximate surface area is 192 Å². The third-order valence-corrected chi connectivity index (χ3v) is 5.13. The van der Waals surface area contributed by atoms with E-state index >= 15 is 0 Å². The van der Waals surface area contributed by atoms with E-state index in [0.29, 0.717) is 19.5 Å². The summed E-state index contributed by atoms with van der Waals surface area (Å²) in [5.74, 6) is -1.58. The van der Waals surface area contributed by atoms with Crippen LogP contribution >= 0.6 is 0 Å². The SMILES string of the molecule is CCCCn1c(=O)[nH]c(=O)c2c1nc(COC(=O)c1cc(C(=O)OC)cc([N+](=O)[O-])c1)n2CC. The highest BCUT2D eigenvalue weighted by Crippen LogP contribution is 2.20. The number of carbonyl (C=O) groups is 2. The molecule has 0 saturated heterocycles. The molecule has 13 heteroatoms. The summed E-state index contributed by atoms with van der Waals surface area (Å²) in [6, 6.07) is 3.09. The van der Waals surface area contributed by atoms with Crippen LogP contribution in [0.4, 0.5) is 5.69 Å². The van der Waals surface area contributed by atoms with Gasteiger partial charge in [0.1, 0.15) is 12.4 Å². The number of benzene rings is 1. The number of unbranched alkanes of at least 4 members (excludes halogenated alkanes) is 1. The Bertz CT molecular complexity index is 1380. The first kappa shape index (κ1) is 24.4. The largest absolute Gasteiger partial charge is 0.465 e. The molecule has 2 aromatic heterocycles. The van der Waals surface area contributed by atoms with Crippen molar-refractivity contribution in [2.45, 2.75) is 46.4 Å². The van der Waals surface area contributed by atoms with Crippen molar-refractivity contribution in [2.75, 3.05) is 7.11 Å². The molecule has 0 amide bonds. The highest BCUT2D eigenvalue weighted by Gasteiger charge is 2.22. The number of aromatic nitrogens is 4. The van der Waals surface area contributed by atoms with Crippen molar-refractivity contribution >= 4 is 28.8 Å². The fourth-order valence-corrected chi connectivity index (χ4v) is 3.48. The number of ether oxygens (including phenoxy) is 2. The number of nitrogens with zero attached hydrogens (tertiary/aromatic N) is 4. The van der Waals surface area contributed by atoms with E-state index < -0.39 is 33.8 Å². The van der Waals surface area contributed by atoms with Gasteiger partial charge in [-0.15, -0.1) is 0 Å². The van der Waals surface area contributed by atoms with Crippen LogP contribution in [0.5, 0.6) is 0 Å². The lowest BCUT2D eigenvalue weighted by Gasteiger charge is -2.08. The van der Waals surface area contributed by atoms with E-state index in [1.54, 1.807) is 6.92 Å². The van der Waals surface area contributed by atoms with E-state index in [1.807, 2.05) is 6.92 Å². The number of rotatable bonds is 9. The monoisotopic (exact) mass is 473 g/mol. The van der Waals surface area contributed by atoms with Crippen LogP contribution < -0.4 is 11.2 Å². The molecule has 3 rings (SSSR count). The maximum absolute atomic E-state index is 12.6. The Morgan fingerprint density at radius 3 is 2.38 bits per heavy atom. The second-order valence-corrected chi connectivity index (χ2v) is 7.30.